The van der Waals surface area contributed by atoms with E-state index < -0.39 is 11.6 Å². The van der Waals surface area contributed by atoms with Gasteiger partial charge in [-0.3, -0.25) is 4.79 Å². The maximum atomic E-state index is 13.6. The van der Waals surface area contributed by atoms with Gasteiger partial charge >= 0.3 is 0 Å². The van der Waals surface area contributed by atoms with Gasteiger partial charge in [-0.2, -0.15) is 0 Å². The molecule has 1 amide bonds. The maximum absolute atomic E-state index is 13.6. The van der Waals surface area contributed by atoms with Crippen LogP contribution in [0.25, 0.3) is 5.69 Å². The summed E-state index contributed by atoms with van der Waals surface area (Å²) in [6.07, 6.45) is 2.77. The van der Waals surface area contributed by atoms with Crippen molar-refractivity contribution in [3.05, 3.63) is 65.5 Å². The Kier molecular flexibility index (Phi) is 3.72. The molecule has 0 saturated carbocycles. The van der Waals surface area contributed by atoms with E-state index in [2.05, 4.69) is 15.5 Å². The molecule has 0 atom stereocenters. The molecule has 1 aliphatic rings. The fraction of sp³-hybridized carbons (Fsp3) is 0.176. The average Bonchev–Trinajstić information content (AvgIpc) is 3.16. The maximum Gasteiger partial charge on any atom is 0.258 e. The molecule has 1 aromatic heterocycles. The third-order valence-electron chi connectivity index (χ3n) is 4.21. The number of anilines is 1. The number of aromatic nitrogens is 4. The molecular weight excluding hydrogens is 328 g/mol. The Balaban J connectivity index is 1.65. The summed E-state index contributed by atoms with van der Waals surface area (Å²) in [5.41, 5.74) is 2.24. The highest BCUT2D eigenvalue weighted by Crippen LogP contribution is 2.30. The topological polar surface area (TPSA) is 63.9 Å². The lowest BCUT2D eigenvalue weighted by Gasteiger charge is -2.29. The number of carbonyl (C=O) groups is 1. The molecule has 0 fully saturated rings. The van der Waals surface area contributed by atoms with Gasteiger partial charge in [0.25, 0.3) is 5.91 Å². The Morgan fingerprint density at radius 3 is 2.56 bits per heavy atom. The number of amides is 1. The van der Waals surface area contributed by atoms with Crippen LogP contribution in [0.15, 0.2) is 42.7 Å². The van der Waals surface area contributed by atoms with Crippen molar-refractivity contribution in [3.8, 4) is 5.69 Å². The molecule has 0 radical (unpaired) electrons. The Labute approximate surface area is 141 Å². The second kappa shape index (κ2) is 6.04. The predicted octanol–water partition coefficient (Wildman–Crippen LogP) is 2.53. The third-order valence-corrected chi connectivity index (χ3v) is 4.21. The lowest BCUT2D eigenvalue weighted by molar-refractivity contribution is 0.0985. The van der Waals surface area contributed by atoms with Gasteiger partial charge < -0.3 is 4.90 Å². The Bertz CT molecular complexity index is 925. The zero-order valence-electron chi connectivity index (χ0n) is 13.1. The van der Waals surface area contributed by atoms with Gasteiger partial charge in [0, 0.05) is 18.2 Å². The number of hydrogen-bond donors (Lipinski definition) is 0. The smallest absolute Gasteiger partial charge is 0.258 e. The van der Waals surface area contributed by atoms with Gasteiger partial charge in [-0.15, -0.1) is 5.10 Å². The summed E-state index contributed by atoms with van der Waals surface area (Å²) in [4.78, 5) is 14.3. The zero-order valence-corrected chi connectivity index (χ0v) is 13.1. The van der Waals surface area contributed by atoms with Gasteiger partial charge in [0.1, 0.15) is 6.33 Å². The van der Waals surface area contributed by atoms with E-state index in [9.17, 15) is 13.6 Å². The molecule has 0 unspecified atom stereocenters. The molecule has 4 rings (SSSR count). The van der Waals surface area contributed by atoms with Crippen LogP contribution in [0.5, 0.6) is 0 Å². The molecule has 1 aliphatic heterocycles. The number of nitrogens with zero attached hydrogens (tertiary/aromatic N) is 5. The van der Waals surface area contributed by atoms with Crippen LogP contribution in [0.2, 0.25) is 0 Å². The summed E-state index contributed by atoms with van der Waals surface area (Å²) in [6.45, 7) is 0.464. The van der Waals surface area contributed by atoms with Gasteiger partial charge in [0.2, 0.25) is 0 Å². The highest BCUT2D eigenvalue weighted by atomic mass is 19.2. The standard InChI is InChI=1S/C17H13F2N5O/c18-14-8-12-2-1-7-23(16(12)9-15(14)19)17(25)11-3-5-13(6-4-11)24-10-20-21-22-24/h3-6,8-10H,1-2,7H2. The van der Waals surface area contributed by atoms with Crippen molar-refractivity contribution in [1.29, 1.82) is 0 Å². The second-order valence-electron chi connectivity index (χ2n) is 5.76. The largest absolute Gasteiger partial charge is 0.308 e. The molecule has 126 valence electrons. The van der Waals surface area contributed by atoms with Crippen LogP contribution in [0.1, 0.15) is 22.3 Å². The van der Waals surface area contributed by atoms with Crippen molar-refractivity contribution in [3.63, 3.8) is 0 Å². The number of aryl methyl sites for hydroxylation is 1. The van der Waals surface area contributed by atoms with Crippen LogP contribution in [-0.2, 0) is 6.42 Å². The number of carbonyl (C=O) groups excluding carboxylic acids is 1. The average molecular weight is 341 g/mol. The van der Waals surface area contributed by atoms with Crippen LogP contribution in [0, 0.1) is 11.6 Å². The molecule has 0 spiro atoms. The molecule has 0 saturated heterocycles. The first kappa shape index (κ1) is 15.4. The summed E-state index contributed by atoms with van der Waals surface area (Å²) in [7, 11) is 0. The van der Waals surface area contributed by atoms with Crippen LogP contribution < -0.4 is 4.90 Å². The van der Waals surface area contributed by atoms with E-state index in [1.54, 1.807) is 24.3 Å². The van der Waals surface area contributed by atoms with Crippen LogP contribution in [0.4, 0.5) is 14.5 Å². The number of tetrazole rings is 1. The fourth-order valence-electron chi connectivity index (χ4n) is 2.98. The fourth-order valence-corrected chi connectivity index (χ4v) is 2.98. The zero-order chi connectivity index (χ0) is 17.4. The molecule has 2 heterocycles. The molecule has 0 aliphatic carbocycles. The first-order valence-electron chi connectivity index (χ1n) is 7.77. The van der Waals surface area contributed by atoms with Gasteiger partial charge in [0.05, 0.1) is 11.4 Å². The highest BCUT2D eigenvalue weighted by Gasteiger charge is 2.25. The normalized spacial score (nSPS) is 13.6. The predicted molar refractivity (Wildman–Crippen MR) is 85.5 cm³/mol. The molecule has 25 heavy (non-hydrogen) atoms. The van der Waals surface area contributed by atoms with E-state index in [1.807, 2.05) is 0 Å². The molecule has 8 heteroatoms. The quantitative estimate of drug-likeness (QED) is 0.718. The molecule has 0 bridgehead atoms. The van der Waals surface area contributed by atoms with Gasteiger partial charge in [-0.05, 0) is 59.2 Å². The van der Waals surface area contributed by atoms with Crippen molar-refractivity contribution < 1.29 is 13.6 Å². The minimum atomic E-state index is -0.951. The number of benzene rings is 2. The van der Waals surface area contributed by atoms with Crippen LogP contribution in [-0.4, -0.2) is 32.7 Å². The minimum absolute atomic E-state index is 0.254. The SMILES string of the molecule is O=C(c1ccc(-n2cnnn2)cc1)N1CCCc2cc(F)c(F)cc21. The lowest BCUT2D eigenvalue weighted by Crippen LogP contribution is -2.35. The summed E-state index contributed by atoms with van der Waals surface area (Å²) in [5.74, 6) is -2.10. The van der Waals surface area contributed by atoms with Gasteiger partial charge in [0.15, 0.2) is 11.6 Å². The van der Waals surface area contributed by atoms with E-state index in [1.165, 1.54) is 22.0 Å². The van der Waals surface area contributed by atoms with E-state index in [4.69, 9.17) is 0 Å². The van der Waals surface area contributed by atoms with E-state index in [0.717, 1.165) is 6.07 Å². The van der Waals surface area contributed by atoms with E-state index >= 15 is 0 Å². The summed E-state index contributed by atoms with van der Waals surface area (Å²) in [5, 5.41) is 10.9. The molecule has 6 nitrogen and oxygen atoms in total. The van der Waals surface area contributed by atoms with Crippen molar-refractivity contribution >= 4 is 11.6 Å². The molecule has 2 aromatic carbocycles. The Morgan fingerprint density at radius 2 is 1.84 bits per heavy atom. The summed E-state index contributed by atoms with van der Waals surface area (Å²) >= 11 is 0. The van der Waals surface area contributed by atoms with Crippen molar-refractivity contribution in [2.75, 3.05) is 11.4 Å². The lowest BCUT2D eigenvalue weighted by atomic mass is 10.00. The van der Waals surface area contributed by atoms with Crippen molar-refractivity contribution in [2.24, 2.45) is 0 Å². The van der Waals surface area contributed by atoms with Crippen LogP contribution >= 0.6 is 0 Å². The summed E-state index contributed by atoms with van der Waals surface area (Å²) < 4.78 is 28.5. The van der Waals surface area contributed by atoms with E-state index in [0.29, 0.717) is 41.9 Å². The van der Waals surface area contributed by atoms with Crippen LogP contribution in [0.3, 0.4) is 0 Å². The van der Waals surface area contributed by atoms with Crippen molar-refractivity contribution in [1.82, 2.24) is 20.2 Å². The number of halogens is 2. The third kappa shape index (κ3) is 2.75. The number of hydrogen-bond acceptors (Lipinski definition) is 4. The highest BCUT2D eigenvalue weighted by molar-refractivity contribution is 6.06. The van der Waals surface area contributed by atoms with E-state index in [-0.39, 0.29) is 5.91 Å². The molecule has 3 aromatic rings. The second-order valence-corrected chi connectivity index (χ2v) is 5.76. The summed E-state index contributed by atoms with van der Waals surface area (Å²) in [6, 6.07) is 9.03. The number of fused-ring (bicyclic) bond motifs is 1. The Morgan fingerprint density at radius 1 is 1.08 bits per heavy atom. The minimum Gasteiger partial charge on any atom is -0.308 e. The molecule has 0 N–H and O–H groups in total. The van der Waals surface area contributed by atoms with Gasteiger partial charge in [-0.25, -0.2) is 13.5 Å². The monoisotopic (exact) mass is 341 g/mol. The van der Waals surface area contributed by atoms with Gasteiger partial charge in [-0.1, -0.05) is 0 Å². The van der Waals surface area contributed by atoms with Crippen molar-refractivity contribution in [2.45, 2.75) is 12.8 Å². The first-order chi connectivity index (χ1) is 12.1. The Hall–Kier alpha value is -3.16. The first-order valence-corrected chi connectivity index (χ1v) is 7.77. The number of rotatable bonds is 2. The molecular formula is C17H13F2N5O.